The van der Waals surface area contributed by atoms with Crippen molar-refractivity contribution in [2.75, 3.05) is 29.7 Å². The van der Waals surface area contributed by atoms with Crippen molar-refractivity contribution in [3.8, 4) is 0 Å². The zero-order chi connectivity index (χ0) is 13.0. The first-order valence-corrected chi connectivity index (χ1v) is 7.94. The molecule has 1 aromatic heterocycles. The summed E-state index contributed by atoms with van der Waals surface area (Å²) in [6.07, 6.45) is 5.75. The Labute approximate surface area is 113 Å². The van der Waals surface area contributed by atoms with Crippen molar-refractivity contribution in [3.05, 3.63) is 11.9 Å². The molecule has 5 heteroatoms. The summed E-state index contributed by atoms with van der Waals surface area (Å²) in [6, 6.07) is 2.44. The van der Waals surface area contributed by atoms with Crippen molar-refractivity contribution in [1.29, 1.82) is 0 Å². The van der Waals surface area contributed by atoms with Gasteiger partial charge in [-0.25, -0.2) is 9.97 Å². The minimum atomic E-state index is 0.448. The molecule has 1 aliphatic rings. The van der Waals surface area contributed by atoms with E-state index in [1.807, 2.05) is 24.9 Å². The van der Waals surface area contributed by atoms with Crippen LogP contribution in [0, 0.1) is 0 Å². The van der Waals surface area contributed by atoms with Gasteiger partial charge in [0.05, 0.1) is 0 Å². The van der Waals surface area contributed by atoms with E-state index in [1.165, 1.54) is 18.6 Å². The molecule has 0 amide bonds. The van der Waals surface area contributed by atoms with Gasteiger partial charge in [-0.05, 0) is 38.2 Å². The predicted octanol–water partition coefficient (Wildman–Crippen LogP) is 2.95. The van der Waals surface area contributed by atoms with E-state index in [1.54, 1.807) is 0 Å². The minimum Gasteiger partial charge on any atom is -0.373 e. The molecule has 2 rings (SSSR count). The molecule has 0 aromatic carbocycles. The Balaban J connectivity index is 2.04. The summed E-state index contributed by atoms with van der Waals surface area (Å²) in [5.74, 6) is 4.60. The van der Waals surface area contributed by atoms with Crippen LogP contribution in [0.5, 0.6) is 0 Å². The molecule has 2 N–H and O–H groups in total. The Hall–Kier alpha value is -0.970. The number of aromatic nitrogens is 2. The summed E-state index contributed by atoms with van der Waals surface area (Å²) >= 11 is 1.88. The van der Waals surface area contributed by atoms with Gasteiger partial charge in [0.1, 0.15) is 17.5 Å². The van der Waals surface area contributed by atoms with Crippen LogP contribution in [0.2, 0.25) is 0 Å². The molecule has 0 radical (unpaired) electrons. The maximum atomic E-state index is 4.62. The Morgan fingerprint density at radius 1 is 1.39 bits per heavy atom. The van der Waals surface area contributed by atoms with Crippen molar-refractivity contribution < 1.29 is 0 Å². The first kappa shape index (κ1) is 13.5. The largest absolute Gasteiger partial charge is 0.373 e. The van der Waals surface area contributed by atoms with Crippen LogP contribution in [0.4, 0.5) is 11.6 Å². The van der Waals surface area contributed by atoms with Crippen LogP contribution in [-0.4, -0.2) is 35.1 Å². The van der Waals surface area contributed by atoms with Gasteiger partial charge in [0.2, 0.25) is 0 Å². The van der Waals surface area contributed by atoms with E-state index in [0.717, 1.165) is 23.9 Å². The van der Waals surface area contributed by atoms with Gasteiger partial charge in [-0.2, -0.15) is 11.8 Å². The van der Waals surface area contributed by atoms with Gasteiger partial charge in [-0.1, -0.05) is 0 Å². The van der Waals surface area contributed by atoms with Gasteiger partial charge in [0, 0.05) is 25.1 Å². The third kappa shape index (κ3) is 3.77. The number of rotatable bonds is 7. The van der Waals surface area contributed by atoms with Crippen LogP contribution in [-0.2, 0) is 0 Å². The standard InChI is InChI=1S/C13H22N4S/c1-9(6-7-18-3)15-12-8-11(14-2)16-13(17-12)10-4-5-10/h8-10H,4-7H2,1-3H3,(H2,14,15,16,17). The third-order valence-corrected chi connectivity index (χ3v) is 3.74. The smallest absolute Gasteiger partial charge is 0.136 e. The van der Waals surface area contributed by atoms with Crippen molar-refractivity contribution in [3.63, 3.8) is 0 Å². The average Bonchev–Trinajstić information content (AvgIpc) is 3.20. The number of anilines is 2. The van der Waals surface area contributed by atoms with Gasteiger partial charge in [-0.15, -0.1) is 0 Å². The maximum Gasteiger partial charge on any atom is 0.136 e. The number of nitrogens with one attached hydrogen (secondary N) is 2. The zero-order valence-electron chi connectivity index (χ0n) is 11.4. The normalized spacial score (nSPS) is 16.4. The van der Waals surface area contributed by atoms with Crippen molar-refractivity contribution in [1.82, 2.24) is 9.97 Å². The van der Waals surface area contributed by atoms with E-state index in [2.05, 4.69) is 33.8 Å². The van der Waals surface area contributed by atoms with Gasteiger partial charge >= 0.3 is 0 Å². The maximum absolute atomic E-state index is 4.62. The molecule has 1 aromatic rings. The van der Waals surface area contributed by atoms with Crippen molar-refractivity contribution in [2.24, 2.45) is 0 Å². The molecule has 1 aliphatic carbocycles. The average molecular weight is 266 g/mol. The van der Waals surface area contributed by atoms with E-state index < -0.39 is 0 Å². The van der Waals surface area contributed by atoms with E-state index in [4.69, 9.17) is 0 Å². The summed E-state index contributed by atoms with van der Waals surface area (Å²) in [6.45, 7) is 2.20. The molecular formula is C13H22N4S. The second-order valence-corrected chi connectivity index (χ2v) is 5.83. The summed E-state index contributed by atoms with van der Waals surface area (Å²) in [5.41, 5.74) is 0. The lowest BCUT2D eigenvalue weighted by Gasteiger charge is -2.15. The van der Waals surface area contributed by atoms with E-state index in [9.17, 15) is 0 Å². The number of nitrogens with zero attached hydrogens (tertiary/aromatic N) is 2. The van der Waals surface area contributed by atoms with Gasteiger partial charge in [0.25, 0.3) is 0 Å². The highest BCUT2D eigenvalue weighted by Crippen LogP contribution is 2.38. The Morgan fingerprint density at radius 2 is 2.11 bits per heavy atom. The number of hydrogen-bond acceptors (Lipinski definition) is 5. The highest BCUT2D eigenvalue weighted by atomic mass is 32.2. The van der Waals surface area contributed by atoms with Crippen molar-refractivity contribution >= 4 is 23.4 Å². The van der Waals surface area contributed by atoms with E-state index in [0.29, 0.717) is 12.0 Å². The summed E-state index contributed by atoms with van der Waals surface area (Å²) in [7, 11) is 1.90. The Kier molecular flexibility index (Phi) is 4.69. The first-order valence-electron chi connectivity index (χ1n) is 6.55. The van der Waals surface area contributed by atoms with Crippen LogP contribution >= 0.6 is 11.8 Å². The second kappa shape index (κ2) is 6.27. The molecule has 0 aliphatic heterocycles. The quantitative estimate of drug-likeness (QED) is 0.794. The lowest BCUT2D eigenvalue weighted by atomic mass is 10.2. The monoisotopic (exact) mass is 266 g/mol. The highest BCUT2D eigenvalue weighted by molar-refractivity contribution is 7.98. The third-order valence-electron chi connectivity index (χ3n) is 3.09. The summed E-state index contributed by atoms with van der Waals surface area (Å²) < 4.78 is 0. The molecule has 1 fully saturated rings. The molecule has 0 spiro atoms. The Morgan fingerprint density at radius 3 is 2.72 bits per heavy atom. The van der Waals surface area contributed by atoms with Crippen LogP contribution < -0.4 is 10.6 Å². The molecule has 0 bridgehead atoms. The molecule has 1 atom stereocenters. The number of thioether (sulfide) groups is 1. The lowest BCUT2D eigenvalue weighted by Crippen LogP contribution is -2.17. The molecule has 1 saturated carbocycles. The molecule has 1 heterocycles. The fraction of sp³-hybridized carbons (Fsp3) is 0.692. The SMILES string of the molecule is CNc1cc(NC(C)CCSC)nc(C2CC2)n1. The topological polar surface area (TPSA) is 49.8 Å². The van der Waals surface area contributed by atoms with Crippen LogP contribution in [0.3, 0.4) is 0 Å². The lowest BCUT2D eigenvalue weighted by molar-refractivity contribution is 0.762. The molecule has 100 valence electrons. The van der Waals surface area contributed by atoms with E-state index >= 15 is 0 Å². The van der Waals surface area contributed by atoms with E-state index in [-0.39, 0.29) is 0 Å². The zero-order valence-corrected chi connectivity index (χ0v) is 12.2. The fourth-order valence-corrected chi connectivity index (χ4v) is 2.40. The van der Waals surface area contributed by atoms with Gasteiger partial charge < -0.3 is 10.6 Å². The Bertz CT molecular complexity index is 393. The molecule has 4 nitrogen and oxygen atoms in total. The minimum absolute atomic E-state index is 0.448. The van der Waals surface area contributed by atoms with Gasteiger partial charge in [-0.3, -0.25) is 0 Å². The van der Waals surface area contributed by atoms with Crippen LogP contribution in [0.25, 0.3) is 0 Å². The second-order valence-electron chi connectivity index (χ2n) is 4.85. The molecule has 0 saturated heterocycles. The van der Waals surface area contributed by atoms with Crippen molar-refractivity contribution in [2.45, 2.75) is 38.1 Å². The summed E-state index contributed by atoms with van der Waals surface area (Å²) in [5, 5.41) is 6.58. The van der Waals surface area contributed by atoms with Crippen LogP contribution in [0.1, 0.15) is 37.9 Å². The molecule has 18 heavy (non-hydrogen) atoms. The number of hydrogen-bond donors (Lipinski definition) is 2. The fourth-order valence-electron chi connectivity index (χ4n) is 1.81. The molecule has 1 unspecified atom stereocenters. The molecular weight excluding hydrogens is 244 g/mol. The highest BCUT2D eigenvalue weighted by Gasteiger charge is 2.27. The summed E-state index contributed by atoms with van der Waals surface area (Å²) in [4.78, 5) is 9.14. The van der Waals surface area contributed by atoms with Gasteiger partial charge in [0.15, 0.2) is 0 Å². The van der Waals surface area contributed by atoms with Crippen LogP contribution in [0.15, 0.2) is 6.07 Å². The predicted molar refractivity (Wildman–Crippen MR) is 79.6 cm³/mol. The first-order chi connectivity index (χ1) is 8.72.